The van der Waals surface area contributed by atoms with Gasteiger partial charge in [-0.3, -0.25) is 0 Å². The number of hydrogen-bond acceptors (Lipinski definition) is 1. The predicted molar refractivity (Wildman–Crippen MR) is 91.0 cm³/mol. The molecule has 0 saturated carbocycles. The molecule has 0 atom stereocenters. The molecule has 1 heterocycles. The van der Waals surface area contributed by atoms with Crippen molar-refractivity contribution in [2.45, 2.75) is 38.6 Å². The van der Waals surface area contributed by atoms with Crippen LogP contribution in [0.5, 0.6) is 0 Å². The van der Waals surface area contributed by atoms with Crippen molar-refractivity contribution in [1.29, 1.82) is 0 Å². The molecule has 1 aliphatic rings. The first kappa shape index (κ1) is 14.3. The van der Waals surface area contributed by atoms with Crippen molar-refractivity contribution in [3.05, 3.63) is 37.9 Å². The van der Waals surface area contributed by atoms with Crippen molar-refractivity contribution < 1.29 is 4.39 Å². The lowest BCUT2D eigenvalue weighted by Gasteiger charge is -2.13. The van der Waals surface area contributed by atoms with E-state index in [4.69, 9.17) is 12.2 Å². The Morgan fingerprint density at radius 1 is 1.35 bits per heavy atom. The van der Waals surface area contributed by atoms with E-state index < -0.39 is 0 Å². The number of aromatic amines is 1. The van der Waals surface area contributed by atoms with Gasteiger partial charge >= 0.3 is 0 Å². The molecule has 1 N–H and O–H groups in total. The van der Waals surface area contributed by atoms with Crippen molar-refractivity contribution in [3.63, 3.8) is 0 Å². The average Bonchev–Trinajstić information content (AvgIpc) is 2.73. The fraction of sp³-hybridized carbons (Fsp3) is 0.400. The molecule has 0 spiro atoms. The second kappa shape index (κ2) is 5.97. The molecule has 5 heteroatoms. The van der Waals surface area contributed by atoms with Gasteiger partial charge in [0.2, 0.25) is 0 Å². The van der Waals surface area contributed by atoms with Gasteiger partial charge in [0.05, 0.1) is 14.6 Å². The summed E-state index contributed by atoms with van der Waals surface area (Å²) in [5.74, 6) is -0.183. The average molecular weight is 402 g/mol. The third-order valence-corrected chi connectivity index (χ3v) is 5.01. The van der Waals surface area contributed by atoms with E-state index in [2.05, 4.69) is 11.1 Å². The molecule has 106 valence electrons. The maximum atomic E-state index is 13.8. The van der Waals surface area contributed by atoms with Crippen molar-refractivity contribution in [2.75, 3.05) is 0 Å². The second-order valence-corrected chi connectivity index (χ2v) is 6.77. The Labute approximate surface area is 136 Å². The summed E-state index contributed by atoms with van der Waals surface area (Å²) in [6.07, 6.45) is 8.35. The number of aromatic nitrogens is 2. The first-order valence-corrected chi connectivity index (χ1v) is 8.39. The molecule has 20 heavy (non-hydrogen) atoms. The Kier molecular flexibility index (Phi) is 4.26. The number of hydrogen-bond donors (Lipinski definition) is 1. The summed E-state index contributed by atoms with van der Waals surface area (Å²) in [5.41, 5.74) is 3.29. The first-order valence-electron chi connectivity index (χ1n) is 6.90. The van der Waals surface area contributed by atoms with Gasteiger partial charge in [-0.1, -0.05) is 11.6 Å². The molecular weight excluding hydrogens is 386 g/mol. The van der Waals surface area contributed by atoms with E-state index in [1.165, 1.54) is 31.3 Å². The first-order chi connectivity index (χ1) is 9.65. The molecule has 0 saturated heterocycles. The minimum Gasteiger partial charge on any atom is -0.331 e. The quantitative estimate of drug-likeness (QED) is 0.418. The maximum absolute atomic E-state index is 13.8. The highest BCUT2D eigenvalue weighted by atomic mass is 127. The van der Waals surface area contributed by atoms with Crippen LogP contribution in [0.4, 0.5) is 4.39 Å². The van der Waals surface area contributed by atoms with E-state index in [-0.39, 0.29) is 5.82 Å². The summed E-state index contributed by atoms with van der Waals surface area (Å²) in [4.78, 5) is 3.17. The van der Waals surface area contributed by atoms with Gasteiger partial charge in [0.15, 0.2) is 4.77 Å². The molecule has 2 aromatic rings. The Morgan fingerprint density at radius 3 is 2.95 bits per heavy atom. The highest BCUT2D eigenvalue weighted by molar-refractivity contribution is 14.1. The van der Waals surface area contributed by atoms with Gasteiger partial charge in [0, 0.05) is 12.6 Å². The van der Waals surface area contributed by atoms with Crippen molar-refractivity contribution in [3.8, 4) is 0 Å². The number of fused-ring (bicyclic) bond motifs is 1. The molecule has 0 unspecified atom stereocenters. The van der Waals surface area contributed by atoms with E-state index in [0.717, 1.165) is 24.0 Å². The number of halogens is 2. The number of imidazole rings is 1. The van der Waals surface area contributed by atoms with E-state index in [0.29, 0.717) is 8.34 Å². The second-order valence-electron chi connectivity index (χ2n) is 5.22. The summed E-state index contributed by atoms with van der Waals surface area (Å²) in [6.45, 7) is 0.824. The number of H-pyrrole nitrogens is 1. The van der Waals surface area contributed by atoms with Gasteiger partial charge in [-0.05, 0) is 73.0 Å². The molecule has 0 aliphatic heterocycles. The zero-order chi connectivity index (χ0) is 14.1. The molecule has 2 nitrogen and oxygen atoms in total. The number of rotatable bonds is 3. The Hall–Kier alpha value is -0.690. The molecule has 0 fully saturated rings. The number of nitrogens with one attached hydrogen (secondary N) is 1. The molecule has 1 aromatic carbocycles. The fourth-order valence-electron chi connectivity index (χ4n) is 2.76. The number of aryl methyl sites for hydroxylation is 1. The lowest BCUT2D eigenvalue weighted by molar-refractivity contribution is 0.616. The van der Waals surface area contributed by atoms with E-state index in [1.54, 1.807) is 6.07 Å². The summed E-state index contributed by atoms with van der Waals surface area (Å²) < 4.78 is 17.1. The van der Waals surface area contributed by atoms with Crippen LogP contribution in [0, 0.1) is 14.2 Å². The standard InChI is InChI=1S/C15H16FIN2S/c16-11-8-14-13(9-12(11)17)18-15(20)19(14)7-6-10-4-2-1-3-5-10/h4,8-9H,1-3,5-7H2,(H,18,20). The van der Waals surface area contributed by atoms with Gasteiger partial charge in [-0.25, -0.2) is 4.39 Å². The van der Waals surface area contributed by atoms with Crippen LogP contribution in [0.1, 0.15) is 32.1 Å². The Morgan fingerprint density at radius 2 is 2.20 bits per heavy atom. The topological polar surface area (TPSA) is 20.7 Å². The van der Waals surface area contributed by atoms with E-state index >= 15 is 0 Å². The van der Waals surface area contributed by atoms with Crippen LogP contribution in [0.2, 0.25) is 0 Å². The summed E-state index contributed by atoms with van der Waals surface area (Å²) in [6, 6.07) is 3.40. The van der Waals surface area contributed by atoms with Crippen LogP contribution in [-0.4, -0.2) is 9.55 Å². The third-order valence-electron chi connectivity index (χ3n) is 3.86. The van der Waals surface area contributed by atoms with Crippen molar-refractivity contribution >= 4 is 45.8 Å². The lowest BCUT2D eigenvalue weighted by Crippen LogP contribution is -2.02. The molecule has 0 bridgehead atoms. The minimum absolute atomic E-state index is 0.183. The van der Waals surface area contributed by atoms with Crippen LogP contribution in [-0.2, 0) is 6.54 Å². The molecular formula is C15H16FIN2S. The van der Waals surface area contributed by atoms with Crippen LogP contribution in [0.15, 0.2) is 23.8 Å². The van der Waals surface area contributed by atoms with E-state index in [9.17, 15) is 4.39 Å². The monoisotopic (exact) mass is 402 g/mol. The van der Waals surface area contributed by atoms with Crippen molar-refractivity contribution in [2.24, 2.45) is 0 Å². The van der Waals surface area contributed by atoms with Crippen LogP contribution in [0.3, 0.4) is 0 Å². The molecule has 0 amide bonds. The van der Waals surface area contributed by atoms with Crippen LogP contribution >= 0.6 is 34.8 Å². The molecule has 1 aliphatic carbocycles. The molecule has 1 aromatic heterocycles. The zero-order valence-electron chi connectivity index (χ0n) is 11.1. The van der Waals surface area contributed by atoms with Crippen molar-refractivity contribution in [1.82, 2.24) is 9.55 Å². The highest BCUT2D eigenvalue weighted by Gasteiger charge is 2.10. The normalized spacial score (nSPS) is 15.6. The van der Waals surface area contributed by atoms with Gasteiger partial charge in [0.1, 0.15) is 5.82 Å². The predicted octanol–water partition coefficient (Wildman–Crippen LogP) is 5.33. The SMILES string of the molecule is Fc1cc2c(cc1I)[nH]c(=S)n2CCC1=CCCCC1. The molecule has 3 rings (SSSR count). The fourth-order valence-corrected chi connectivity index (χ4v) is 3.53. The highest BCUT2D eigenvalue weighted by Crippen LogP contribution is 2.24. The zero-order valence-corrected chi connectivity index (χ0v) is 14.1. The largest absolute Gasteiger partial charge is 0.331 e. The molecule has 0 radical (unpaired) electrons. The van der Waals surface area contributed by atoms with Crippen LogP contribution in [0.25, 0.3) is 11.0 Å². The third kappa shape index (κ3) is 2.83. The Balaban J connectivity index is 1.90. The summed E-state index contributed by atoms with van der Waals surface area (Å²) >= 11 is 7.37. The maximum Gasteiger partial charge on any atom is 0.178 e. The number of allylic oxidation sites excluding steroid dienone is 2. The number of nitrogens with zero attached hydrogens (tertiary/aromatic N) is 1. The van der Waals surface area contributed by atoms with Crippen LogP contribution < -0.4 is 0 Å². The van der Waals surface area contributed by atoms with Gasteiger partial charge < -0.3 is 9.55 Å². The Bertz CT molecular complexity index is 729. The van der Waals surface area contributed by atoms with Gasteiger partial charge in [0.25, 0.3) is 0 Å². The smallest absolute Gasteiger partial charge is 0.178 e. The van der Waals surface area contributed by atoms with Gasteiger partial charge in [-0.2, -0.15) is 0 Å². The summed E-state index contributed by atoms with van der Waals surface area (Å²) in [5, 5.41) is 0. The summed E-state index contributed by atoms with van der Waals surface area (Å²) in [7, 11) is 0. The van der Waals surface area contributed by atoms with E-state index in [1.807, 2.05) is 33.2 Å². The lowest BCUT2D eigenvalue weighted by atomic mass is 9.97. The number of benzene rings is 1. The minimum atomic E-state index is -0.183. The van der Waals surface area contributed by atoms with Gasteiger partial charge in [-0.15, -0.1) is 0 Å².